The lowest BCUT2D eigenvalue weighted by Gasteiger charge is -2.14. The van der Waals surface area contributed by atoms with Gasteiger partial charge in [0.2, 0.25) is 0 Å². The molecule has 0 aliphatic carbocycles. The van der Waals surface area contributed by atoms with E-state index in [1.165, 1.54) is 24.4 Å². The summed E-state index contributed by atoms with van der Waals surface area (Å²) in [7, 11) is 0. The van der Waals surface area contributed by atoms with Crippen LogP contribution in [0.25, 0.3) is 5.69 Å². The Labute approximate surface area is 107 Å². The Balaban J connectivity index is 2.51. The molecule has 0 aliphatic rings. The first-order valence-corrected chi connectivity index (χ1v) is 5.64. The number of rotatable bonds is 3. The van der Waals surface area contributed by atoms with Gasteiger partial charge in [0.1, 0.15) is 0 Å². The maximum absolute atomic E-state index is 12.9. The monoisotopic (exact) mass is 271 g/mol. The lowest BCUT2D eigenvalue weighted by Crippen LogP contribution is -2.15. The first kappa shape index (κ1) is 13.5. The number of aliphatic hydroxyl groups is 1. The highest BCUT2D eigenvalue weighted by Crippen LogP contribution is 2.33. The normalized spacial score (nSPS) is 13.5. The fraction of sp³-hybridized carbons (Fsp3) is 0.333. The molecule has 0 aliphatic heterocycles. The Bertz CT molecular complexity index is 563. The summed E-state index contributed by atoms with van der Waals surface area (Å²) in [6, 6.07) is 5.13. The molecule has 1 unspecified atom stereocenters. The van der Waals surface area contributed by atoms with Gasteiger partial charge in [-0.1, -0.05) is 17.3 Å². The molecular weight excluding hydrogens is 259 g/mol. The lowest BCUT2D eigenvalue weighted by molar-refractivity contribution is -0.137. The third kappa shape index (κ3) is 2.93. The largest absolute Gasteiger partial charge is 0.418 e. The minimum Gasteiger partial charge on any atom is -0.393 e. The highest BCUT2D eigenvalue weighted by atomic mass is 19.4. The molecule has 2 rings (SSSR count). The Hall–Kier alpha value is -1.89. The van der Waals surface area contributed by atoms with Crippen LogP contribution in [0.4, 0.5) is 13.2 Å². The van der Waals surface area contributed by atoms with Gasteiger partial charge in [-0.25, -0.2) is 4.68 Å². The molecule has 1 atom stereocenters. The van der Waals surface area contributed by atoms with Crippen LogP contribution in [0, 0.1) is 0 Å². The zero-order valence-electron chi connectivity index (χ0n) is 10.1. The number of benzene rings is 1. The molecular formula is C12H12F3N3O. The van der Waals surface area contributed by atoms with E-state index in [0.29, 0.717) is 5.69 Å². The molecule has 2 aromatic rings. The van der Waals surface area contributed by atoms with Crippen LogP contribution >= 0.6 is 0 Å². The van der Waals surface area contributed by atoms with E-state index in [0.717, 1.165) is 10.7 Å². The molecule has 0 fully saturated rings. The molecule has 0 amide bonds. The van der Waals surface area contributed by atoms with Gasteiger partial charge in [-0.05, 0) is 19.1 Å². The van der Waals surface area contributed by atoms with Gasteiger partial charge >= 0.3 is 6.18 Å². The van der Waals surface area contributed by atoms with Crippen molar-refractivity contribution in [2.75, 3.05) is 0 Å². The van der Waals surface area contributed by atoms with Gasteiger partial charge in [-0.2, -0.15) is 13.2 Å². The van der Waals surface area contributed by atoms with Crippen LogP contribution in [0.2, 0.25) is 0 Å². The van der Waals surface area contributed by atoms with Crippen molar-refractivity contribution in [2.45, 2.75) is 25.6 Å². The number of aliphatic hydroxyl groups excluding tert-OH is 1. The SMILES string of the molecule is CC(O)Cc1cnnn1-c1ccccc1C(F)(F)F. The highest BCUT2D eigenvalue weighted by molar-refractivity contribution is 5.43. The predicted molar refractivity (Wildman–Crippen MR) is 61.7 cm³/mol. The number of alkyl halides is 3. The predicted octanol–water partition coefficient (Wildman–Crippen LogP) is 2.21. The summed E-state index contributed by atoms with van der Waals surface area (Å²) in [5, 5.41) is 16.6. The second-order valence-corrected chi connectivity index (χ2v) is 4.21. The molecule has 7 heteroatoms. The molecule has 0 radical (unpaired) electrons. The molecule has 0 bridgehead atoms. The summed E-state index contributed by atoms with van der Waals surface area (Å²) in [5.41, 5.74) is -0.456. The van der Waals surface area contributed by atoms with Crippen molar-refractivity contribution in [1.29, 1.82) is 0 Å². The fourth-order valence-corrected chi connectivity index (χ4v) is 1.80. The van der Waals surface area contributed by atoms with Crippen LogP contribution in [0.5, 0.6) is 0 Å². The summed E-state index contributed by atoms with van der Waals surface area (Å²) in [6.45, 7) is 1.55. The maximum atomic E-state index is 12.9. The van der Waals surface area contributed by atoms with Crippen LogP contribution in [0.15, 0.2) is 30.5 Å². The first-order chi connectivity index (χ1) is 8.89. The van der Waals surface area contributed by atoms with Gasteiger partial charge in [0.25, 0.3) is 0 Å². The van der Waals surface area contributed by atoms with Crippen molar-refractivity contribution in [3.8, 4) is 5.69 Å². The summed E-state index contributed by atoms with van der Waals surface area (Å²) < 4.78 is 39.9. The first-order valence-electron chi connectivity index (χ1n) is 5.64. The maximum Gasteiger partial charge on any atom is 0.418 e. The van der Waals surface area contributed by atoms with Crippen molar-refractivity contribution < 1.29 is 18.3 Å². The van der Waals surface area contributed by atoms with Crippen LogP contribution in [0.3, 0.4) is 0 Å². The van der Waals surface area contributed by atoms with Gasteiger partial charge in [0.05, 0.1) is 29.2 Å². The molecule has 1 N–H and O–H groups in total. The van der Waals surface area contributed by atoms with Crippen molar-refractivity contribution in [3.63, 3.8) is 0 Å². The third-order valence-electron chi connectivity index (χ3n) is 2.56. The zero-order valence-corrected chi connectivity index (χ0v) is 10.1. The van der Waals surface area contributed by atoms with E-state index in [4.69, 9.17) is 0 Å². The van der Waals surface area contributed by atoms with E-state index >= 15 is 0 Å². The topological polar surface area (TPSA) is 50.9 Å². The molecule has 1 aromatic carbocycles. The average Bonchev–Trinajstić information content (AvgIpc) is 2.75. The van der Waals surface area contributed by atoms with E-state index in [9.17, 15) is 18.3 Å². The zero-order chi connectivity index (χ0) is 14.0. The minimum absolute atomic E-state index is 0.0943. The molecule has 0 saturated heterocycles. The second-order valence-electron chi connectivity index (χ2n) is 4.21. The van der Waals surface area contributed by atoms with Crippen molar-refractivity contribution in [3.05, 3.63) is 41.7 Å². The Morgan fingerprint density at radius 1 is 1.32 bits per heavy atom. The Morgan fingerprint density at radius 3 is 2.63 bits per heavy atom. The summed E-state index contributed by atoms with van der Waals surface area (Å²) >= 11 is 0. The number of para-hydroxylation sites is 1. The lowest BCUT2D eigenvalue weighted by atomic mass is 10.1. The molecule has 4 nitrogen and oxygen atoms in total. The van der Waals surface area contributed by atoms with Crippen molar-refractivity contribution in [2.24, 2.45) is 0 Å². The fourth-order valence-electron chi connectivity index (χ4n) is 1.80. The van der Waals surface area contributed by atoms with Gasteiger partial charge in [-0.15, -0.1) is 5.10 Å². The number of halogens is 3. The smallest absolute Gasteiger partial charge is 0.393 e. The number of hydrogen-bond donors (Lipinski definition) is 1. The van der Waals surface area contributed by atoms with Crippen LogP contribution in [0.1, 0.15) is 18.2 Å². The third-order valence-corrected chi connectivity index (χ3v) is 2.56. The standard InChI is InChI=1S/C12H12F3N3O/c1-8(19)6-9-7-16-17-18(9)11-5-3-2-4-10(11)12(13,14)15/h2-5,7-8,19H,6H2,1H3. The number of hydrogen-bond acceptors (Lipinski definition) is 3. The minimum atomic E-state index is -4.47. The molecule has 0 spiro atoms. The van der Waals surface area contributed by atoms with Crippen molar-refractivity contribution >= 4 is 0 Å². The molecule has 102 valence electrons. The molecule has 1 heterocycles. The van der Waals surface area contributed by atoms with Gasteiger partial charge in [0.15, 0.2) is 0 Å². The van der Waals surface area contributed by atoms with E-state index in [2.05, 4.69) is 10.3 Å². The number of aromatic nitrogens is 3. The summed E-state index contributed by atoms with van der Waals surface area (Å²) in [4.78, 5) is 0. The quantitative estimate of drug-likeness (QED) is 0.931. The molecule has 0 saturated carbocycles. The Kier molecular flexibility index (Phi) is 3.57. The van der Waals surface area contributed by atoms with E-state index < -0.39 is 17.8 Å². The highest BCUT2D eigenvalue weighted by Gasteiger charge is 2.34. The van der Waals surface area contributed by atoms with Crippen molar-refractivity contribution in [1.82, 2.24) is 15.0 Å². The average molecular weight is 271 g/mol. The van der Waals surface area contributed by atoms with Crippen LogP contribution in [-0.2, 0) is 12.6 Å². The summed E-state index contributed by atoms with van der Waals surface area (Å²) in [6.07, 6.45) is -3.63. The molecule has 19 heavy (non-hydrogen) atoms. The number of nitrogens with zero attached hydrogens (tertiary/aromatic N) is 3. The van der Waals surface area contributed by atoms with E-state index in [1.807, 2.05) is 0 Å². The van der Waals surface area contributed by atoms with Gasteiger partial charge in [0, 0.05) is 6.42 Å². The second kappa shape index (κ2) is 5.00. The van der Waals surface area contributed by atoms with E-state index in [-0.39, 0.29) is 12.1 Å². The van der Waals surface area contributed by atoms with E-state index in [1.54, 1.807) is 6.92 Å². The Morgan fingerprint density at radius 2 is 2.00 bits per heavy atom. The van der Waals surface area contributed by atoms with Gasteiger partial charge < -0.3 is 5.11 Å². The van der Waals surface area contributed by atoms with Crippen LogP contribution < -0.4 is 0 Å². The molecule has 1 aromatic heterocycles. The van der Waals surface area contributed by atoms with Crippen LogP contribution in [-0.4, -0.2) is 26.2 Å². The van der Waals surface area contributed by atoms with Gasteiger partial charge in [-0.3, -0.25) is 0 Å². The summed E-state index contributed by atoms with van der Waals surface area (Å²) in [5.74, 6) is 0.